The van der Waals surface area contributed by atoms with Crippen LogP contribution in [0.15, 0.2) is 66.7 Å². The van der Waals surface area contributed by atoms with E-state index in [1.165, 1.54) is 7.05 Å². The van der Waals surface area contributed by atoms with Gasteiger partial charge in [-0.2, -0.15) is 0 Å². The standard InChI is InChI=1S/C39H39NO12/c1-40-17-39(38(45)46)36(44)31(42)32(43)37(52-39)49-22-15-25-24-14-21(41)8-7-20(24)12-18-5-4-6-19(11-18)13-27-29-23-9-10-26(47-2)34(48-3)33(23)51-35(29)30(25)28(16-22)50-27/h4-11,14-16,27,29,31-32,35-37,40-44H,12-13,17H2,1-3H3,(H,45,46). The molecule has 5 aliphatic rings. The first-order valence-corrected chi connectivity index (χ1v) is 17.0. The van der Waals surface area contributed by atoms with Crippen molar-refractivity contribution in [1.29, 1.82) is 0 Å². The first kappa shape index (κ1) is 34.1. The predicted octanol–water partition coefficient (Wildman–Crippen LogP) is 3.06. The molecule has 13 nitrogen and oxygen atoms in total. The normalized spacial score (nSPS) is 28.2. The van der Waals surface area contributed by atoms with E-state index in [-0.39, 0.29) is 17.4 Å². The summed E-state index contributed by atoms with van der Waals surface area (Å²) in [6.45, 7) is -0.393. The second-order valence-corrected chi connectivity index (χ2v) is 13.6. The fourth-order valence-corrected chi connectivity index (χ4v) is 8.13. The molecule has 6 N–H and O–H groups in total. The first-order valence-electron chi connectivity index (χ1n) is 17.0. The number of carboxylic acid groups (broad SMARTS) is 1. The number of hydrogen-bond acceptors (Lipinski definition) is 12. The number of aromatic hydroxyl groups is 1. The molecule has 4 aliphatic heterocycles. The summed E-state index contributed by atoms with van der Waals surface area (Å²) in [6, 6.07) is 20.5. The average Bonchev–Trinajstić information content (AvgIpc) is 3.52. The molecule has 4 heterocycles. The lowest BCUT2D eigenvalue weighted by Gasteiger charge is -2.46. The number of aliphatic carboxylic acids is 1. The van der Waals surface area contributed by atoms with Gasteiger partial charge in [0, 0.05) is 30.2 Å². The van der Waals surface area contributed by atoms with Crippen molar-refractivity contribution < 1.29 is 58.7 Å². The second-order valence-electron chi connectivity index (χ2n) is 13.6. The number of rotatable bonds is 7. The Labute approximate surface area is 298 Å². The number of benzene rings is 4. The minimum absolute atomic E-state index is 0.0225. The van der Waals surface area contributed by atoms with Gasteiger partial charge in [-0.15, -0.1) is 0 Å². The highest BCUT2D eigenvalue weighted by atomic mass is 16.7. The number of carboxylic acids is 1. The monoisotopic (exact) mass is 713 g/mol. The van der Waals surface area contributed by atoms with Crippen LogP contribution in [0.25, 0.3) is 11.1 Å². The van der Waals surface area contributed by atoms with Gasteiger partial charge in [-0.05, 0) is 65.6 Å². The van der Waals surface area contributed by atoms with Crippen LogP contribution in [0.5, 0.6) is 34.5 Å². The van der Waals surface area contributed by atoms with Crippen LogP contribution in [0, 0.1) is 0 Å². The third kappa shape index (κ3) is 5.30. The summed E-state index contributed by atoms with van der Waals surface area (Å²) < 4.78 is 37.2. The van der Waals surface area contributed by atoms with Gasteiger partial charge >= 0.3 is 5.97 Å². The molecule has 4 aromatic rings. The summed E-state index contributed by atoms with van der Waals surface area (Å²) >= 11 is 0. The number of carbonyl (C=O) groups is 1. The van der Waals surface area contributed by atoms with E-state index in [2.05, 4.69) is 23.5 Å². The minimum Gasteiger partial charge on any atom is -0.508 e. The van der Waals surface area contributed by atoms with Gasteiger partial charge in [0.15, 0.2) is 11.5 Å². The molecular weight excluding hydrogens is 674 g/mol. The van der Waals surface area contributed by atoms with Crippen molar-refractivity contribution in [2.75, 3.05) is 27.8 Å². The summed E-state index contributed by atoms with van der Waals surface area (Å²) in [5, 5.41) is 56.3. The van der Waals surface area contributed by atoms with Crippen molar-refractivity contribution in [3.63, 3.8) is 0 Å². The van der Waals surface area contributed by atoms with Gasteiger partial charge in [-0.25, -0.2) is 4.79 Å². The van der Waals surface area contributed by atoms with Crippen molar-refractivity contribution in [2.24, 2.45) is 0 Å². The molecule has 0 aromatic heterocycles. The van der Waals surface area contributed by atoms with Crippen molar-refractivity contribution >= 4 is 5.97 Å². The molecule has 1 aliphatic carbocycles. The fourth-order valence-electron chi connectivity index (χ4n) is 8.13. The lowest BCUT2D eigenvalue weighted by Crippen LogP contribution is -2.71. The lowest BCUT2D eigenvalue weighted by atomic mass is 9.78. The van der Waals surface area contributed by atoms with Crippen molar-refractivity contribution in [3.8, 4) is 45.6 Å². The van der Waals surface area contributed by atoms with Gasteiger partial charge in [-0.1, -0.05) is 36.4 Å². The molecule has 8 atom stereocenters. The van der Waals surface area contributed by atoms with Gasteiger partial charge < -0.3 is 59.3 Å². The second kappa shape index (κ2) is 12.9. The van der Waals surface area contributed by atoms with Crippen molar-refractivity contribution in [1.82, 2.24) is 5.32 Å². The number of phenolic OH excluding ortho intramolecular Hbond substituents is 1. The van der Waals surface area contributed by atoms with Crippen LogP contribution in [0.1, 0.15) is 39.8 Å². The number of ether oxygens (including phenoxy) is 6. The fraction of sp³-hybridized carbons (Fsp3) is 0.359. The van der Waals surface area contributed by atoms with Crippen LogP contribution in [0.4, 0.5) is 0 Å². The third-order valence-corrected chi connectivity index (χ3v) is 10.6. The summed E-state index contributed by atoms with van der Waals surface area (Å²) in [7, 11) is 4.59. The predicted molar refractivity (Wildman–Crippen MR) is 184 cm³/mol. The number of likely N-dealkylation sites (N-methyl/N-ethyl adjacent to an activating group) is 1. The molecular formula is C39H39NO12. The molecule has 9 rings (SSSR count). The van der Waals surface area contributed by atoms with Gasteiger partial charge in [0.05, 0.1) is 20.1 Å². The van der Waals surface area contributed by atoms with E-state index < -0.39 is 54.9 Å². The Morgan fingerprint density at radius 3 is 2.50 bits per heavy atom. The van der Waals surface area contributed by atoms with Crippen LogP contribution in [0.3, 0.4) is 0 Å². The van der Waals surface area contributed by atoms with E-state index in [1.54, 1.807) is 38.5 Å². The van der Waals surface area contributed by atoms with Gasteiger partial charge in [0.1, 0.15) is 47.8 Å². The number of aliphatic hydroxyl groups is 3. The maximum Gasteiger partial charge on any atom is 0.340 e. The number of phenols is 1. The molecule has 4 aromatic carbocycles. The SMILES string of the molecule is CNCC1(C(=O)O)OC(Oc2cc3c4c(c2)-c2cc(O)ccc2Cc2cccc(c2)CC(O3)C2c3ccc(OC)c(OC)c3OC42)C(O)C(O)C1O. The molecule has 0 radical (unpaired) electrons. The number of fused-ring (bicyclic) bond motifs is 1. The third-order valence-electron chi connectivity index (χ3n) is 10.6. The van der Waals surface area contributed by atoms with Crippen LogP contribution < -0.4 is 29.0 Å². The highest BCUT2D eigenvalue weighted by Crippen LogP contribution is 2.60. The van der Waals surface area contributed by atoms with Gasteiger partial charge in [-0.3, -0.25) is 0 Å². The highest BCUT2D eigenvalue weighted by Gasteiger charge is 2.59. The maximum atomic E-state index is 12.5. The Kier molecular flexibility index (Phi) is 8.43. The van der Waals surface area contributed by atoms with Crippen LogP contribution in [-0.2, 0) is 22.4 Å². The highest BCUT2D eigenvalue weighted by molar-refractivity contribution is 5.80. The topological polar surface area (TPSA) is 186 Å². The molecule has 13 heteroatoms. The van der Waals surface area contributed by atoms with Gasteiger partial charge in [0.2, 0.25) is 17.6 Å². The zero-order chi connectivity index (χ0) is 36.5. The Morgan fingerprint density at radius 2 is 1.75 bits per heavy atom. The molecule has 0 spiro atoms. The Morgan fingerprint density at radius 1 is 0.942 bits per heavy atom. The van der Waals surface area contributed by atoms with Crippen LogP contribution in [0.2, 0.25) is 0 Å². The Bertz CT molecular complexity index is 2050. The van der Waals surface area contributed by atoms with E-state index in [9.17, 15) is 30.3 Å². The van der Waals surface area contributed by atoms with E-state index in [4.69, 9.17) is 28.4 Å². The summed E-state index contributed by atoms with van der Waals surface area (Å²) in [6.07, 6.45) is -7.39. The molecule has 8 unspecified atom stereocenters. The maximum absolute atomic E-state index is 12.5. The number of methoxy groups -OCH3 is 2. The molecule has 52 heavy (non-hydrogen) atoms. The number of hydrogen-bond donors (Lipinski definition) is 6. The average molecular weight is 714 g/mol. The molecule has 1 saturated heterocycles. The molecule has 272 valence electrons. The smallest absolute Gasteiger partial charge is 0.340 e. The lowest BCUT2D eigenvalue weighted by molar-refractivity contribution is -0.305. The molecule has 6 bridgehead atoms. The quantitative estimate of drug-likeness (QED) is 0.164. The van der Waals surface area contributed by atoms with Gasteiger partial charge in [0.25, 0.3) is 0 Å². The molecule has 0 saturated carbocycles. The largest absolute Gasteiger partial charge is 0.508 e. The van der Waals surface area contributed by atoms with Crippen molar-refractivity contribution in [3.05, 3.63) is 94.5 Å². The first-order chi connectivity index (χ1) is 25.1. The summed E-state index contributed by atoms with van der Waals surface area (Å²) in [5.74, 6) is 0.180. The van der Waals surface area contributed by atoms with Crippen LogP contribution >= 0.6 is 0 Å². The Balaban J connectivity index is 1.33. The van der Waals surface area contributed by atoms with E-state index in [1.807, 2.05) is 24.3 Å². The number of nitrogens with one attached hydrogen (secondary N) is 1. The van der Waals surface area contributed by atoms with Crippen LogP contribution in [-0.4, -0.2) is 95.6 Å². The van der Waals surface area contributed by atoms with E-state index in [0.29, 0.717) is 52.5 Å². The van der Waals surface area contributed by atoms with E-state index >= 15 is 0 Å². The number of aliphatic hydroxyl groups excluding tert-OH is 3. The zero-order valence-electron chi connectivity index (χ0n) is 28.6. The van der Waals surface area contributed by atoms with Crippen molar-refractivity contribution in [2.45, 2.75) is 61.2 Å². The minimum atomic E-state index is -2.34. The Hall–Kier alpha value is -5.05. The zero-order valence-corrected chi connectivity index (χ0v) is 28.6. The summed E-state index contributed by atoms with van der Waals surface area (Å²) in [5.41, 5.74) is 3.47. The summed E-state index contributed by atoms with van der Waals surface area (Å²) in [4.78, 5) is 12.5. The molecule has 0 amide bonds. The van der Waals surface area contributed by atoms with E-state index in [0.717, 1.165) is 22.3 Å². The molecule has 1 fully saturated rings.